The zero-order valence-electron chi connectivity index (χ0n) is 17.3. The van der Waals surface area contributed by atoms with Crippen LogP contribution in [0.2, 0.25) is 5.02 Å². The molecule has 1 unspecified atom stereocenters. The predicted octanol–water partition coefficient (Wildman–Crippen LogP) is 2.64. The van der Waals surface area contributed by atoms with E-state index in [0.717, 1.165) is 0 Å². The summed E-state index contributed by atoms with van der Waals surface area (Å²) < 4.78 is 12.4. The summed E-state index contributed by atoms with van der Waals surface area (Å²) in [6.45, 7) is 3.18. The number of rotatable bonds is 3. The largest absolute Gasteiger partial charge is 0.454 e. The number of piperazine rings is 1. The third-order valence-corrected chi connectivity index (χ3v) is 5.79. The number of ether oxygens (including phenoxy) is 2. The van der Waals surface area contributed by atoms with Crippen molar-refractivity contribution in [2.75, 3.05) is 26.4 Å². The topological polar surface area (TPSA) is 89.8 Å². The smallest absolute Gasteiger partial charge is 0.293 e. The third kappa shape index (κ3) is 3.64. The lowest BCUT2D eigenvalue weighted by atomic mass is 10.1. The molecule has 0 aliphatic carbocycles. The Labute approximate surface area is 189 Å². The average molecular weight is 454 g/mol. The van der Waals surface area contributed by atoms with E-state index in [-0.39, 0.29) is 30.5 Å². The summed E-state index contributed by atoms with van der Waals surface area (Å²) >= 11 is 6.04. The van der Waals surface area contributed by atoms with Gasteiger partial charge in [0.05, 0.1) is 11.3 Å². The standard InChI is InChI=1S/C22H20ClN5O4/c1-14-11-26(21(29)17-6-3-7-18-19(17)32-13-31-18)8-9-27(14)22(30)20-24-12-28(25-20)16-5-2-4-15(23)10-16/h2-7,10,12,14H,8-9,11,13H2,1H3. The number of hydrogen-bond acceptors (Lipinski definition) is 6. The van der Waals surface area contributed by atoms with Gasteiger partial charge in [0.1, 0.15) is 6.33 Å². The minimum atomic E-state index is -0.275. The van der Waals surface area contributed by atoms with E-state index in [2.05, 4.69) is 10.1 Å². The van der Waals surface area contributed by atoms with E-state index in [9.17, 15) is 9.59 Å². The van der Waals surface area contributed by atoms with E-state index < -0.39 is 0 Å². The maximum Gasteiger partial charge on any atom is 0.293 e. The molecule has 1 fully saturated rings. The van der Waals surface area contributed by atoms with Crippen molar-refractivity contribution in [1.29, 1.82) is 0 Å². The molecule has 0 saturated carbocycles. The summed E-state index contributed by atoms with van der Waals surface area (Å²) in [5.41, 5.74) is 1.18. The number of amides is 2. The normalized spacial score (nSPS) is 17.5. The van der Waals surface area contributed by atoms with Crippen LogP contribution in [0.25, 0.3) is 5.69 Å². The van der Waals surface area contributed by atoms with Crippen LogP contribution in [-0.4, -0.2) is 68.8 Å². The second-order valence-corrected chi connectivity index (χ2v) is 8.07. The highest BCUT2D eigenvalue weighted by Gasteiger charge is 2.34. The summed E-state index contributed by atoms with van der Waals surface area (Å²) in [4.78, 5) is 33.7. The Morgan fingerprint density at radius 1 is 1.09 bits per heavy atom. The quantitative estimate of drug-likeness (QED) is 0.605. The first-order chi connectivity index (χ1) is 15.5. The van der Waals surface area contributed by atoms with Gasteiger partial charge in [0.2, 0.25) is 12.6 Å². The number of carbonyl (C=O) groups is 2. The second-order valence-electron chi connectivity index (χ2n) is 7.63. The molecule has 0 N–H and O–H groups in total. The second kappa shape index (κ2) is 8.16. The highest BCUT2D eigenvalue weighted by atomic mass is 35.5. The Hall–Kier alpha value is -3.59. The van der Waals surface area contributed by atoms with Crippen molar-refractivity contribution in [1.82, 2.24) is 24.6 Å². The molecule has 5 rings (SSSR count). The molecular weight excluding hydrogens is 434 g/mol. The van der Waals surface area contributed by atoms with Crippen molar-refractivity contribution in [3.05, 3.63) is 65.2 Å². The first kappa shape index (κ1) is 20.3. The van der Waals surface area contributed by atoms with Gasteiger partial charge in [-0.2, -0.15) is 0 Å². The summed E-state index contributed by atoms with van der Waals surface area (Å²) in [7, 11) is 0. The van der Waals surface area contributed by atoms with Crippen molar-refractivity contribution < 1.29 is 19.1 Å². The molecule has 0 radical (unpaired) electrons. The van der Waals surface area contributed by atoms with E-state index in [4.69, 9.17) is 21.1 Å². The van der Waals surface area contributed by atoms with Gasteiger partial charge in [0, 0.05) is 30.7 Å². The van der Waals surface area contributed by atoms with Crippen LogP contribution in [0, 0.1) is 0 Å². The fraction of sp³-hybridized carbons (Fsp3) is 0.273. The van der Waals surface area contributed by atoms with Gasteiger partial charge < -0.3 is 19.3 Å². The van der Waals surface area contributed by atoms with Gasteiger partial charge in [-0.25, -0.2) is 9.67 Å². The molecule has 3 heterocycles. The van der Waals surface area contributed by atoms with E-state index in [1.54, 1.807) is 46.2 Å². The Balaban J connectivity index is 1.28. The van der Waals surface area contributed by atoms with Crippen molar-refractivity contribution in [3.8, 4) is 17.2 Å². The molecule has 164 valence electrons. The highest BCUT2D eigenvalue weighted by Crippen LogP contribution is 2.36. The van der Waals surface area contributed by atoms with E-state index in [0.29, 0.717) is 47.4 Å². The van der Waals surface area contributed by atoms with Crippen molar-refractivity contribution in [2.24, 2.45) is 0 Å². The van der Waals surface area contributed by atoms with Gasteiger partial charge in [0.15, 0.2) is 11.5 Å². The number of benzene rings is 2. The third-order valence-electron chi connectivity index (χ3n) is 5.56. The van der Waals surface area contributed by atoms with Gasteiger partial charge in [0.25, 0.3) is 11.8 Å². The van der Waals surface area contributed by atoms with Crippen LogP contribution in [0.3, 0.4) is 0 Å². The van der Waals surface area contributed by atoms with Crippen molar-refractivity contribution in [3.63, 3.8) is 0 Å². The number of fused-ring (bicyclic) bond motifs is 1. The van der Waals surface area contributed by atoms with Crippen LogP contribution in [-0.2, 0) is 0 Å². The predicted molar refractivity (Wildman–Crippen MR) is 115 cm³/mol. The fourth-order valence-electron chi connectivity index (χ4n) is 3.95. The minimum Gasteiger partial charge on any atom is -0.454 e. The molecule has 2 aliphatic rings. The molecular formula is C22H20ClN5O4. The highest BCUT2D eigenvalue weighted by molar-refractivity contribution is 6.30. The number of halogens is 1. The molecule has 0 bridgehead atoms. The van der Waals surface area contributed by atoms with Crippen LogP contribution in [0.1, 0.15) is 27.9 Å². The molecule has 32 heavy (non-hydrogen) atoms. The zero-order valence-corrected chi connectivity index (χ0v) is 18.0. The number of carbonyl (C=O) groups excluding carboxylic acids is 2. The van der Waals surface area contributed by atoms with E-state index in [1.807, 2.05) is 13.0 Å². The van der Waals surface area contributed by atoms with E-state index >= 15 is 0 Å². The van der Waals surface area contributed by atoms with Gasteiger partial charge in [-0.05, 0) is 37.3 Å². The first-order valence-corrected chi connectivity index (χ1v) is 10.6. The molecule has 1 atom stereocenters. The number of para-hydroxylation sites is 1. The van der Waals surface area contributed by atoms with Crippen LogP contribution in [0.15, 0.2) is 48.8 Å². The van der Waals surface area contributed by atoms with E-state index in [1.165, 1.54) is 11.0 Å². The molecule has 2 amide bonds. The Morgan fingerprint density at radius 3 is 2.75 bits per heavy atom. The summed E-state index contributed by atoms with van der Waals surface area (Å²) in [5, 5.41) is 4.89. The minimum absolute atomic E-state index is 0.100. The maximum atomic E-state index is 13.1. The number of aromatic nitrogens is 3. The lowest BCUT2D eigenvalue weighted by Gasteiger charge is -2.39. The lowest BCUT2D eigenvalue weighted by Crippen LogP contribution is -2.55. The lowest BCUT2D eigenvalue weighted by molar-refractivity contribution is 0.0405. The van der Waals surface area contributed by atoms with Crippen LogP contribution in [0.4, 0.5) is 0 Å². The molecule has 10 heteroatoms. The average Bonchev–Trinajstić information content (AvgIpc) is 3.48. The molecule has 0 spiro atoms. The Bertz CT molecular complexity index is 1200. The van der Waals surface area contributed by atoms with Crippen molar-refractivity contribution in [2.45, 2.75) is 13.0 Å². The Kier molecular flexibility index (Phi) is 5.18. The SMILES string of the molecule is CC1CN(C(=O)c2cccc3c2OCO3)CCN1C(=O)c1ncn(-c2cccc(Cl)c2)n1. The molecule has 2 aliphatic heterocycles. The zero-order chi connectivity index (χ0) is 22.2. The van der Waals surface area contributed by atoms with Gasteiger partial charge in [-0.1, -0.05) is 23.7 Å². The summed E-state index contributed by atoms with van der Waals surface area (Å²) in [6.07, 6.45) is 1.49. The molecule has 1 aromatic heterocycles. The first-order valence-electron chi connectivity index (χ1n) is 10.2. The van der Waals surface area contributed by atoms with Gasteiger partial charge >= 0.3 is 0 Å². The van der Waals surface area contributed by atoms with Crippen molar-refractivity contribution >= 4 is 23.4 Å². The number of hydrogen-bond donors (Lipinski definition) is 0. The Morgan fingerprint density at radius 2 is 1.94 bits per heavy atom. The fourth-order valence-corrected chi connectivity index (χ4v) is 4.13. The molecule has 9 nitrogen and oxygen atoms in total. The number of nitrogens with zero attached hydrogens (tertiary/aromatic N) is 5. The summed E-state index contributed by atoms with van der Waals surface area (Å²) in [6, 6.07) is 12.2. The van der Waals surface area contributed by atoms with Crippen LogP contribution < -0.4 is 9.47 Å². The summed E-state index contributed by atoms with van der Waals surface area (Å²) in [5.74, 6) is 0.721. The maximum absolute atomic E-state index is 13.1. The monoisotopic (exact) mass is 453 g/mol. The van der Waals surface area contributed by atoms with Gasteiger partial charge in [-0.3, -0.25) is 9.59 Å². The molecule has 3 aromatic rings. The van der Waals surface area contributed by atoms with Crippen LogP contribution >= 0.6 is 11.6 Å². The molecule has 2 aromatic carbocycles. The van der Waals surface area contributed by atoms with Crippen LogP contribution in [0.5, 0.6) is 11.5 Å². The van der Waals surface area contributed by atoms with Gasteiger partial charge in [-0.15, -0.1) is 5.10 Å². The molecule has 1 saturated heterocycles.